The quantitative estimate of drug-likeness (QED) is 0.632. The second kappa shape index (κ2) is 3.97. The lowest BCUT2D eigenvalue weighted by Crippen LogP contribution is -2.51. The predicted octanol–water partition coefficient (Wildman–Crippen LogP) is 1.53. The van der Waals surface area contributed by atoms with Crippen molar-refractivity contribution in [3.63, 3.8) is 0 Å². The number of nitrogen functional groups attached to an aromatic ring is 1. The van der Waals surface area contributed by atoms with Crippen LogP contribution < -0.4 is 10.6 Å². The van der Waals surface area contributed by atoms with E-state index in [0.717, 1.165) is 27.6 Å². The molecular formula is C13H12ClN5O. The summed E-state index contributed by atoms with van der Waals surface area (Å²) in [6.07, 6.45) is 3.01. The molecule has 7 heteroatoms. The van der Waals surface area contributed by atoms with Gasteiger partial charge in [0, 0.05) is 18.5 Å². The average molecular weight is 290 g/mol. The van der Waals surface area contributed by atoms with Crippen LogP contribution in [0.3, 0.4) is 0 Å². The summed E-state index contributed by atoms with van der Waals surface area (Å²) in [6, 6.07) is 1.81. The fourth-order valence-corrected chi connectivity index (χ4v) is 2.94. The van der Waals surface area contributed by atoms with Crippen LogP contribution in [0.2, 0.25) is 5.02 Å². The molecule has 1 saturated heterocycles. The van der Waals surface area contributed by atoms with Crippen molar-refractivity contribution in [1.82, 2.24) is 15.0 Å². The van der Waals surface area contributed by atoms with Gasteiger partial charge >= 0.3 is 0 Å². The molecule has 0 amide bonds. The third kappa shape index (κ3) is 1.55. The maximum Gasteiger partial charge on any atom is 0.140 e. The van der Waals surface area contributed by atoms with Crippen LogP contribution in [0.25, 0.3) is 21.9 Å². The third-order valence-corrected chi connectivity index (χ3v) is 3.91. The summed E-state index contributed by atoms with van der Waals surface area (Å²) in [6.45, 7) is 1.15. The van der Waals surface area contributed by atoms with Crippen molar-refractivity contribution >= 4 is 45.0 Å². The Balaban J connectivity index is 2.07. The Hall–Kier alpha value is -2.05. The highest BCUT2D eigenvalue weighted by molar-refractivity contribution is 6.35. The molecule has 1 aliphatic heterocycles. The lowest BCUT2D eigenvalue weighted by Gasteiger charge is -2.38. The van der Waals surface area contributed by atoms with E-state index in [1.54, 1.807) is 12.4 Å². The van der Waals surface area contributed by atoms with Gasteiger partial charge < -0.3 is 20.7 Å². The lowest BCUT2D eigenvalue weighted by atomic mass is 10.1. The summed E-state index contributed by atoms with van der Waals surface area (Å²) in [4.78, 5) is 13.7. The minimum atomic E-state index is -0.300. The van der Waals surface area contributed by atoms with Crippen molar-refractivity contribution in [3.8, 4) is 0 Å². The Morgan fingerprint density at radius 1 is 1.35 bits per heavy atom. The number of β-amino-alcohol motifs (C(OH)–C–C–N with tert-alkyl or cyclic N) is 1. The number of nitrogens with zero attached hydrogens (tertiary/aromatic N) is 3. The molecule has 102 valence electrons. The Morgan fingerprint density at radius 3 is 2.90 bits per heavy atom. The third-order valence-electron chi connectivity index (χ3n) is 3.63. The number of nitrogens with one attached hydrogen (secondary N) is 1. The first-order valence-corrected chi connectivity index (χ1v) is 6.65. The van der Waals surface area contributed by atoms with Crippen molar-refractivity contribution in [2.24, 2.45) is 0 Å². The normalized spacial score (nSPS) is 16.0. The SMILES string of the molecule is Nc1cc2c(cn1)[nH]c1ncc(Cl)c(N3CC(O)C3)c12. The topological polar surface area (TPSA) is 91.1 Å². The Bertz CT molecular complexity index is 824. The number of hydrogen-bond donors (Lipinski definition) is 3. The summed E-state index contributed by atoms with van der Waals surface area (Å²) in [5.41, 5.74) is 8.27. The van der Waals surface area contributed by atoms with E-state index in [-0.39, 0.29) is 6.10 Å². The van der Waals surface area contributed by atoms with E-state index in [2.05, 4.69) is 15.0 Å². The van der Waals surface area contributed by atoms with Crippen LogP contribution in [0.5, 0.6) is 0 Å². The smallest absolute Gasteiger partial charge is 0.140 e. The van der Waals surface area contributed by atoms with Gasteiger partial charge in [-0.3, -0.25) is 0 Å². The molecule has 0 aliphatic carbocycles. The van der Waals surface area contributed by atoms with E-state index < -0.39 is 0 Å². The number of aliphatic hydroxyl groups excluding tert-OH is 1. The molecule has 0 saturated carbocycles. The van der Waals surface area contributed by atoms with Gasteiger partial charge in [0.2, 0.25) is 0 Å². The lowest BCUT2D eigenvalue weighted by molar-refractivity contribution is 0.142. The molecule has 3 aromatic heterocycles. The molecule has 6 nitrogen and oxygen atoms in total. The maximum atomic E-state index is 9.51. The van der Waals surface area contributed by atoms with E-state index in [9.17, 15) is 5.11 Å². The summed E-state index contributed by atoms with van der Waals surface area (Å²) in [5, 5.41) is 12.0. The summed E-state index contributed by atoms with van der Waals surface area (Å²) < 4.78 is 0. The van der Waals surface area contributed by atoms with Crippen LogP contribution in [0, 0.1) is 0 Å². The Labute approximate surface area is 119 Å². The van der Waals surface area contributed by atoms with Crippen LogP contribution in [0.1, 0.15) is 0 Å². The van der Waals surface area contributed by atoms with Gasteiger partial charge in [0.05, 0.1) is 40.1 Å². The first-order chi connectivity index (χ1) is 9.63. The molecule has 1 fully saturated rings. The molecule has 0 unspecified atom stereocenters. The van der Waals surface area contributed by atoms with Crippen LogP contribution in [-0.4, -0.2) is 39.3 Å². The Morgan fingerprint density at radius 2 is 2.15 bits per heavy atom. The zero-order chi connectivity index (χ0) is 13.9. The molecule has 0 aromatic carbocycles. The number of halogens is 1. The van der Waals surface area contributed by atoms with Gasteiger partial charge in [-0.15, -0.1) is 0 Å². The molecular weight excluding hydrogens is 278 g/mol. The number of hydrogen-bond acceptors (Lipinski definition) is 5. The van der Waals surface area contributed by atoms with Crippen LogP contribution in [0.15, 0.2) is 18.5 Å². The number of fused-ring (bicyclic) bond motifs is 3. The largest absolute Gasteiger partial charge is 0.389 e. The molecule has 0 bridgehead atoms. The zero-order valence-electron chi connectivity index (χ0n) is 10.5. The fraction of sp³-hybridized carbons (Fsp3) is 0.231. The number of aromatic nitrogens is 3. The van der Waals surface area contributed by atoms with Gasteiger partial charge in [0.25, 0.3) is 0 Å². The molecule has 3 aromatic rings. The van der Waals surface area contributed by atoms with Crippen molar-refractivity contribution < 1.29 is 5.11 Å². The Kier molecular flexibility index (Phi) is 2.33. The second-order valence-electron chi connectivity index (χ2n) is 5.02. The van der Waals surface area contributed by atoms with Gasteiger partial charge in [0.15, 0.2) is 0 Å². The minimum Gasteiger partial charge on any atom is -0.389 e. The molecule has 0 radical (unpaired) electrons. The van der Waals surface area contributed by atoms with Gasteiger partial charge in [-0.2, -0.15) is 0 Å². The van der Waals surface area contributed by atoms with Crippen molar-refractivity contribution in [3.05, 3.63) is 23.5 Å². The molecule has 1 aliphatic rings. The van der Waals surface area contributed by atoms with Crippen molar-refractivity contribution in [1.29, 1.82) is 0 Å². The zero-order valence-corrected chi connectivity index (χ0v) is 11.2. The summed E-state index contributed by atoms with van der Waals surface area (Å²) in [5.74, 6) is 0.452. The number of nitrogens with two attached hydrogens (primary N) is 1. The maximum absolute atomic E-state index is 9.51. The van der Waals surface area contributed by atoms with Crippen LogP contribution in [0.4, 0.5) is 11.5 Å². The van der Waals surface area contributed by atoms with Crippen molar-refractivity contribution in [2.75, 3.05) is 23.7 Å². The first kappa shape index (κ1) is 11.7. The molecule has 20 heavy (non-hydrogen) atoms. The monoisotopic (exact) mass is 289 g/mol. The number of H-pyrrole nitrogens is 1. The average Bonchev–Trinajstić information content (AvgIpc) is 2.74. The van der Waals surface area contributed by atoms with Gasteiger partial charge in [-0.05, 0) is 6.07 Å². The molecule has 4 rings (SSSR count). The van der Waals surface area contributed by atoms with Gasteiger partial charge in [-0.25, -0.2) is 9.97 Å². The highest BCUT2D eigenvalue weighted by Gasteiger charge is 2.29. The summed E-state index contributed by atoms with van der Waals surface area (Å²) >= 11 is 6.31. The van der Waals surface area contributed by atoms with E-state index in [0.29, 0.717) is 23.9 Å². The standard InChI is InChI=1S/C13H12ClN5O/c14-8-2-17-13-11(12(8)19-4-6(20)5-19)7-1-10(15)16-3-9(7)18-13/h1-3,6,20H,4-5H2,(H2,15,16)(H,17,18). The van der Waals surface area contributed by atoms with E-state index in [1.807, 2.05) is 11.0 Å². The highest BCUT2D eigenvalue weighted by atomic mass is 35.5. The van der Waals surface area contributed by atoms with E-state index in [1.165, 1.54) is 0 Å². The molecule has 0 atom stereocenters. The van der Waals surface area contributed by atoms with Crippen LogP contribution in [-0.2, 0) is 0 Å². The number of pyridine rings is 2. The number of anilines is 2. The first-order valence-electron chi connectivity index (χ1n) is 6.28. The second-order valence-corrected chi connectivity index (χ2v) is 5.42. The van der Waals surface area contributed by atoms with E-state index >= 15 is 0 Å². The summed E-state index contributed by atoms with van der Waals surface area (Å²) in [7, 11) is 0. The number of aromatic amines is 1. The minimum absolute atomic E-state index is 0.300. The number of rotatable bonds is 1. The molecule has 4 heterocycles. The van der Waals surface area contributed by atoms with Gasteiger partial charge in [0.1, 0.15) is 11.5 Å². The number of aliphatic hydroxyl groups is 1. The predicted molar refractivity (Wildman–Crippen MR) is 79.0 cm³/mol. The van der Waals surface area contributed by atoms with Gasteiger partial charge in [-0.1, -0.05) is 11.6 Å². The molecule has 0 spiro atoms. The van der Waals surface area contributed by atoms with E-state index in [4.69, 9.17) is 17.3 Å². The van der Waals surface area contributed by atoms with Crippen molar-refractivity contribution in [2.45, 2.75) is 6.10 Å². The van der Waals surface area contributed by atoms with Crippen LogP contribution >= 0.6 is 11.6 Å². The molecule has 4 N–H and O–H groups in total. The highest BCUT2D eigenvalue weighted by Crippen LogP contribution is 2.39. The fourth-order valence-electron chi connectivity index (χ4n) is 2.68.